The maximum Gasteiger partial charge on any atom is 0.136 e. The summed E-state index contributed by atoms with van der Waals surface area (Å²) in [4.78, 5) is 12.0. The highest BCUT2D eigenvalue weighted by Crippen LogP contribution is 2.29. The summed E-state index contributed by atoms with van der Waals surface area (Å²) in [5.41, 5.74) is 3.89. The molecular weight excluding hydrogens is 234 g/mol. The molecule has 1 aromatic carbocycles. The number of benzene rings is 1. The summed E-state index contributed by atoms with van der Waals surface area (Å²) in [6, 6.07) is 6.59. The first-order valence-electron chi connectivity index (χ1n) is 7.22. The van der Waals surface area contributed by atoms with Gasteiger partial charge in [-0.05, 0) is 43.4 Å². The number of fused-ring (bicyclic) bond motifs is 1. The van der Waals surface area contributed by atoms with Gasteiger partial charge in [0, 0.05) is 36.5 Å². The lowest BCUT2D eigenvalue weighted by Crippen LogP contribution is -2.20. The van der Waals surface area contributed by atoms with Crippen LogP contribution in [0.25, 0.3) is 10.9 Å². The number of rotatable bonds is 2. The normalized spacial score (nSPS) is 20.1. The summed E-state index contributed by atoms with van der Waals surface area (Å²) in [7, 11) is 2.09. The number of aromatic nitrogens is 1. The van der Waals surface area contributed by atoms with Crippen molar-refractivity contribution in [3.63, 3.8) is 0 Å². The van der Waals surface area contributed by atoms with Gasteiger partial charge in [-0.25, -0.2) is 0 Å². The van der Waals surface area contributed by atoms with Crippen molar-refractivity contribution >= 4 is 16.7 Å². The van der Waals surface area contributed by atoms with Crippen LogP contribution in [0.2, 0.25) is 0 Å². The van der Waals surface area contributed by atoms with E-state index >= 15 is 0 Å². The van der Waals surface area contributed by atoms with E-state index in [4.69, 9.17) is 0 Å². The molecule has 1 heterocycles. The maximum atomic E-state index is 12.0. The third-order valence-electron chi connectivity index (χ3n) is 4.38. The molecule has 1 aromatic heterocycles. The molecule has 0 saturated heterocycles. The molecular formula is C17H21NO. The van der Waals surface area contributed by atoms with Gasteiger partial charge < -0.3 is 4.57 Å². The number of hydrogen-bond donors (Lipinski definition) is 0. The Morgan fingerprint density at radius 3 is 2.95 bits per heavy atom. The quantitative estimate of drug-likeness (QED) is 0.800. The van der Waals surface area contributed by atoms with Gasteiger partial charge in [0.05, 0.1) is 0 Å². The van der Waals surface area contributed by atoms with Gasteiger partial charge in [-0.15, -0.1) is 0 Å². The summed E-state index contributed by atoms with van der Waals surface area (Å²) < 4.78 is 2.19. The number of aryl methyl sites for hydroxylation is 2. The largest absolute Gasteiger partial charge is 0.350 e. The molecule has 0 radical (unpaired) electrons. The minimum Gasteiger partial charge on any atom is -0.350 e. The first-order chi connectivity index (χ1) is 9.15. The molecule has 0 aliphatic heterocycles. The van der Waals surface area contributed by atoms with Crippen LogP contribution in [0.15, 0.2) is 24.4 Å². The van der Waals surface area contributed by atoms with Gasteiger partial charge in [-0.1, -0.05) is 18.6 Å². The molecule has 1 aliphatic rings. The second-order valence-corrected chi connectivity index (χ2v) is 5.90. The number of nitrogens with zero attached hydrogens (tertiary/aromatic N) is 1. The van der Waals surface area contributed by atoms with Crippen LogP contribution in [0.5, 0.6) is 0 Å². The fraction of sp³-hybridized carbons (Fsp3) is 0.471. The predicted octanol–water partition coefficient (Wildman–Crippen LogP) is 3.79. The number of carbonyl (C=O) groups excluding carboxylic acids is 1. The molecule has 2 nitrogen and oxygen atoms in total. The van der Waals surface area contributed by atoms with E-state index in [0.717, 1.165) is 25.7 Å². The maximum absolute atomic E-state index is 12.0. The molecule has 1 fully saturated rings. The summed E-state index contributed by atoms with van der Waals surface area (Å²) in [6.07, 6.45) is 7.27. The molecule has 100 valence electrons. The van der Waals surface area contributed by atoms with E-state index in [1.54, 1.807) is 0 Å². The Labute approximate surface area is 114 Å². The zero-order chi connectivity index (χ0) is 13.4. The first-order valence-corrected chi connectivity index (χ1v) is 7.22. The van der Waals surface area contributed by atoms with Crippen molar-refractivity contribution in [3.8, 4) is 0 Å². The van der Waals surface area contributed by atoms with Gasteiger partial charge in [-0.3, -0.25) is 4.79 Å². The van der Waals surface area contributed by atoms with Crippen LogP contribution in [-0.4, -0.2) is 10.4 Å². The molecule has 19 heavy (non-hydrogen) atoms. The van der Waals surface area contributed by atoms with E-state index < -0.39 is 0 Å². The minimum atomic E-state index is 0.251. The lowest BCUT2D eigenvalue weighted by Gasteiger charge is -2.19. The van der Waals surface area contributed by atoms with Crippen LogP contribution in [0, 0.1) is 12.8 Å². The van der Waals surface area contributed by atoms with E-state index in [1.807, 2.05) is 0 Å². The van der Waals surface area contributed by atoms with E-state index in [9.17, 15) is 4.79 Å². The second-order valence-electron chi connectivity index (χ2n) is 5.90. The van der Waals surface area contributed by atoms with Gasteiger partial charge in [-0.2, -0.15) is 0 Å². The van der Waals surface area contributed by atoms with Crippen LogP contribution >= 0.6 is 0 Å². The van der Waals surface area contributed by atoms with Crippen molar-refractivity contribution in [2.45, 2.75) is 39.0 Å². The monoisotopic (exact) mass is 255 g/mol. The Balaban J connectivity index is 1.94. The lowest BCUT2D eigenvalue weighted by molar-refractivity contribution is -0.124. The average Bonchev–Trinajstić information content (AvgIpc) is 2.69. The van der Waals surface area contributed by atoms with Gasteiger partial charge in [0.2, 0.25) is 0 Å². The molecule has 1 atom stereocenters. The molecule has 2 heteroatoms. The summed E-state index contributed by atoms with van der Waals surface area (Å²) in [6.45, 7) is 2.12. The van der Waals surface area contributed by atoms with Crippen molar-refractivity contribution in [1.29, 1.82) is 0 Å². The third kappa shape index (κ3) is 2.32. The van der Waals surface area contributed by atoms with E-state index in [-0.39, 0.29) is 5.92 Å². The minimum absolute atomic E-state index is 0.251. The fourth-order valence-electron chi connectivity index (χ4n) is 3.28. The van der Waals surface area contributed by atoms with Gasteiger partial charge in [0.1, 0.15) is 5.78 Å². The van der Waals surface area contributed by atoms with Gasteiger partial charge in [0.25, 0.3) is 0 Å². The molecule has 0 spiro atoms. The van der Waals surface area contributed by atoms with Gasteiger partial charge in [0.15, 0.2) is 0 Å². The summed E-state index contributed by atoms with van der Waals surface area (Å²) >= 11 is 0. The Hall–Kier alpha value is -1.57. The molecule has 1 unspecified atom stereocenters. The molecule has 0 bridgehead atoms. The van der Waals surface area contributed by atoms with E-state index in [1.165, 1.54) is 28.5 Å². The molecule has 0 N–H and O–H groups in total. The average molecular weight is 255 g/mol. The van der Waals surface area contributed by atoms with Crippen molar-refractivity contribution in [1.82, 2.24) is 4.57 Å². The third-order valence-corrected chi connectivity index (χ3v) is 4.38. The standard InChI is InChI=1S/C17H21NO/c1-12-7-8-15-14(11-18(2)16(15)9-12)10-13-5-3-4-6-17(13)19/h7-9,11,13H,3-6,10H2,1-2H3. The van der Waals surface area contributed by atoms with Crippen LogP contribution in [0.4, 0.5) is 0 Å². The topological polar surface area (TPSA) is 22.0 Å². The number of Topliss-reactive ketones (excluding diaryl/α,β-unsaturated/α-hetero) is 1. The van der Waals surface area contributed by atoms with Crippen LogP contribution in [-0.2, 0) is 18.3 Å². The molecule has 3 rings (SSSR count). The SMILES string of the molecule is Cc1ccc2c(CC3CCCCC3=O)cn(C)c2c1. The Morgan fingerprint density at radius 1 is 1.32 bits per heavy atom. The second kappa shape index (κ2) is 4.84. The summed E-state index contributed by atoms with van der Waals surface area (Å²) in [5, 5.41) is 1.31. The number of ketones is 1. The van der Waals surface area contributed by atoms with Crippen LogP contribution in [0.3, 0.4) is 0 Å². The van der Waals surface area contributed by atoms with Crippen molar-refractivity contribution in [3.05, 3.63) is 35.5 Å². The molecule has 1 saturated carbocycles. The Kier molecular flexibility index (Phi) is 3.17. The lowest BCUT2D eigenvalue weighted by atomic mass is 9.84. The summed E-state index contributed by atoms with van der Waals surface area (Å²) in [5.74, 6) is 0.719. The van der Waals surface area contributed by atoms with Crippen molar-refractivity contribution in [2.24, 2.45) is 13.0 Å². The van der Waals surface area contributed by atoms with Gasteiger partial charge >= 0.3 is 0 Å². The predicted molar refractivity (Wildman–Crippen MR) is 78.3 cm³/mol. The highest BCUT2D eigenvalue weighted by Gasteiger charge is 2.23. The number of hydrogen-bond acceptors (Lipinski definition) is 1. The highest BCUT2D eigenvalue weighted by atomic mass is 16.1. The van der Waals surface area contributed by atoms with E-state index in [2.05, 4.69) is 42.9 Å². The fourth-order valence-corrected chi connectivity index (χ4v) is 3.28. The molecule has 0 amide bonds. The van der Waals surface area contributed by atoms with Crippen LogP contribution < -0.4 is 0 Å². The highest BCUT2D eigenvalue weighted by molar-refractivity contribution is 5.86. The van der Waals surface area contributed by atoms with Crippen molar-refractivity contribution < 1.29 is 4.79 Å². The Bertz CT molecular complexity index is 623. The van der Waals surface area contributed by atoms with E-state index in [0.29, 0.717) is 5.78 Å². The zero-order valence-electron chi connectivity index (χ0n) is 11.8. The zero-order valence-corrected chi connectivity index (χ0v) is 11.8. The smallest absolute Gasteiger partial charge is 0.136 e. The van der Waals surface area contributed by atoms with Crippen molar-refractivity contribution in [2.75, 3.05) is 0 Å². The number of carbonyl (C=O) groups is 1. The molecule has 2 aromatic rings. The Morgan fingerprint density at radius 2 is 2.16 bits per heavy atom. The van der Waals surface area contributed by atoms with Crippen LogP contribution in [0.1, 0.15) is 36.8 Å². The first kappa shape index (κ1) is 12.5. The molecule has 1 aliphatic carbocycles.